The quantitative estimate of drug-likeness (QED) is 0.289. The SMILES string of the molecule is NCCOCCOCCOCCOC(c1ccccc1)(c1ccccc1)c1ccccc1. The third-order valence-corrected chi connectivity index (χ3v) is 5.09. The van der Waals surface area contributed by atoms with Crippen LogP contribution in [0, 0.1) is 0 Å². The van der Waals surface area contributed by atoms with Crippen molar-refractivity contribution in [2.45, 2.75) is 5.60 Å². The van der Waals surface area contributed by atoms with E-state index >= 15 is 0 Å². The minimum absolute atomic E-state index is 0.443. The Labute approximate surface area is 191 Å². The fraction of sp³-hybridized carbons (Fsp3) is 0.333. The van der Waals surface area contributed by atoms with Crippen LogP contribution < -0.4 is 5.73 Å². The Morgan fingerprint density at radius 1 is 0.469 bits per heavy atom. The Kier molecular flexibility index (Phi) is 10.4. The molecule has 5 nitrogen and oxygen atoms in total. The summed E-state index contributed by atoms with van der Waals surface area (Å²) < 4.78 is 23.2. The van der Waals surface area contributed by atoms with Gasteiger partial charge in [0.2, 0.25) is 0 Å². The minimum atomic E-state index is -0.718. The number of nitrogens with two attached hydrogens (primary N) is 1. The first-order chi connectivity index (χ1) is 15.9. The second-order valence-electron chi connectivity index (χ2n) is 7.25. The lowest BCUT2D eigenvalue weighted by atomic mass is 9.80. The van der Waals surface area contributed by atoms with Crippen LogP contribution in [0.15, 0.2) is 91.0 Å². The zero-order chi connectivity index (χ0) is 22.3. The predicted molar refractivity (Wildman–Crippen MR) is 127 cm³/mol. The number of ether oxygens (including phenoxy) is 4. The Morgan fingerprint density at radius 3 is 1.19 bits per heavy atom. The van der Waals surface area contributed by atoms with Crippen LogP contribution in [0.2, 0.25) is 0 Å². The maximum atomic E-state index is 6.66. The molecule has 0 atom stereocenters. The van der Waals surface area contributed by atoms with Gasteiger partial charge in [-0.05, 0) is 16.7 Å². The Morgan fingerprint density at radius 2 is 0.812 bits per heavy atom. The lowest BCUT2D eigenvalue weighted by Crippen LogP contribution is -2.34. The average Bonchev–Trinajstić information content (AvgIpc) is 2.87. The summed E-state index contributed by atoms with van der Waals surface area (Å²) in [5, 5.41) is 0. The number of rotatable bonds is 15. The average molecular weight is 436 g/mol. The van der Waals surface area contributed by atoms with Crippen LogP contribution in [0.1, 0.15) is 16.7 Å². The highest BCUT2D eigenvalue weighted by atomic mass is 16.6. The van der Waals surface area contributed by atoms with E-state index in [0.717, 1.165) is 16.7 Å². The molecule has 32 heavy (non-hydrogen) atoms. The molecule has 3 aromatic rings. The van der Waals surface area contributed by atoms with Gasteiger partial charge in [-0.25, -0.2) is 0 Å². The molecule has 0 saturated carbocycles. The third-order valence-electron chi connectivity index (χ3n) is 5.09. The van der Waals surface area contributed by atoms with E-state index in [4.69, 9.17) is 24.7 Å². The molecule has 0 amide bonds. The molecule has 0 bridgehead atoms. The molecule has 0 aromatic heterocycles. The summed E-state index contributed by atoms with van der Waals surface area (Å²) in [5.74, 6) is 0. The van der Waals surface area contributed by atoms with E-state index in [-0.39, 0.29) is 0 Å². The highest BCUT2D eigenvalue weighted by Gasteiger charge is 2.37. The van der Waals surface area contributed by atoms with E-state index in [1.54, 1.807) is 0 Å². The maximum absolute atomic E-state index is 6.66. The van der Waals surface area contributed by atoms with Crippen LogP contribution >= 0.6 is 0 Å². The van der Waals surface area contributed by atoms with E-state index in [1.807, 2.05) is 54.6 Å². The zero-order valence-corrected chi connectivity index (χ0v) is 18.5. The second-order valence-corrected chi connectivity index (χ2v) is 7.25. The molecule has 3 rings (SSSR count). The topological polar surface area (TPSA) is 62.9 Å². The molecule has 0 aliphatic carbocycles. The largest absolute Gasteiger partial charge is 0.378 e. The normalized spacial score (nSPS) is 11.5. The standard InChI is InChI=1S/C27H33NO4/c28-16-17-29-18-19-30-20-21-31-22-23-32-27(24-10-4-1-5-11-24,25-12-6-2-7-13-25)26-14-8-3-9-15-26/h1-15H,16-23,28H2. The van der Waals surface area contributed by atoms with Gasteiger partial charge < -0.3 is 24.7 Å². The van der Waals surface area contributed by atoms with Gasteiger partial charge in [0.05, 0.1) is 46.2 Å². The summed E-state index contributed by atoms with van der Waals surface area (Å²) in [4.78, 5) is 0. The highest BCUT2D eigenvalue weighted by Crippen LogP contribution is 2.40. The molecule has 5 heteroatoms. The molecular formula is C27H33NO4. The molecule has 3 aromatic carbocycles. The number of benzene rings is 3. The summed E-state index contributed by atoms with van der Waals surface area (Å²) in [6.07, 6.45) is 0. The fourth-order valence-electron chi connectivity index (χ4n) is 3.65. The van der Waals surface area contributed by atoms with Gasteiger partial charge in [-0.3, -0.25) is 0 Å². The van der Waals surface area contributed by atoms with Crippen molar-refractivity contribution in [2.75, 3.05) is 52.8 Å². The lowest BCUT2D eigenvalue weighted by Gasteiger charge is -2.36. The first-order valence-electron chi connectivity index (χ1n) is 11.1. The first-order valence-corrected chi connectivity index (χ1v) is 11.1. The van der Waals surface area contributed by atoms with Crippen LogP contribution in [0.25, 0.3) is 0 Å². The Balaban J connectivity index is 1.64. The van der Waals surface area contributed by atoms with Gasteiger partial charge in [0.1, 0.15) is 5.60 Å². The van der Waals surface area contributed by atoms with Crippen molar-refractivity contribution in [2.24, 2.45) is 5.73 Å². The highest BCUT2D eigenvalue weighted by molar-refractivity contribution is 5.47. The van der Waals surface area contributed by atoms with Crippen molar-refractivity contribution >= 4 is 0 Å². The maximum Gasteiger partial charge on any atom is 0.143 e. The van der Waals surface area contributed by atoms with E-state index in [2.05, 4.69) is 36.4 Å². The predicted octanol–water partition coefficient (Wildman–Crippen LogP) is 4.00. The molecule has 0 radical (unpaired) electrons. The van der Waals surface area contributed by atoms with Crippen molar-refractivity contribution in [3.63, 3.8) is 0 Å². The smallest absolute Gasteiger partial charge is 0.143 e. The van der Waals surface area contributed by atoms with Gasteiger partial charge in [-0.1, -0.05) is 91.0 Å². The summed E-state index contributed by atoms with van der Waals surface area (Å²) in [7, 11) is 0. The minimum Gasteiger partial charge on any atom is -0.378 e. The molecule has 0 heterocycles. The molecule has 0 spiro atoms. The van der Waals surface area contributed by atoms with Crippen molar-refractivity contribution in [3.05, 3.63) is 108 Å². The van der Waals surface area contributed by atoms with E-state index < -0.39 is 5.60 Å². The van der Waals surface area contributed by atoms with Gasteiger partial charge in [0.15, 0.2) is 0 Å². The van der Waals surface area contributed by atoms with Crippen LogP contribution in [0.5, 0.6) is 0 Å². The van der Waals surface area contributed by atoms with Crippen LogP contribution in [-0.4, -0.2) is 52.8 Å². The molecule has 0 aliphatic heterocycles. The Hall–Kier alpha value is -2.54. The van der Waals surface area contributed by atoms with Crippen LogP contribution in [-0.2, 0) is 24.5 Å². The van der Waals surface area contributed by atoms with Gasteiger partial charge in [-0.2, -0.15) is 0 Å². The molecule has 0 aliphatic rings. The first kappa shape index (κ1) is 24.1. The molecular weight excluding hydrogens is 402 g/mol. The summed E-state index contributed by atoms with van der Waals surface area (Å²) in [6, 6.07) is 31.0. The second kappa shape index (κ2) is 13.8. The third kappa shape index (κ3) is 6.73. The Bertz CT molecular complexity index is 762. The van der Waals surface area contributed by atoms with Crippen molar-refractivity contribution in [1.82, 2.24) is 0 Å². The van der Waals surface area contributed by atoms with Crippen LogP contribution in [0.4, 0.5) is 0 Å². The van der Waals surface area contributed by atoms with Gasteiger partial charge in [0.25, 0.3) is 0 Å². The molecule has 0 unspecified atom stereocenters. The van der Waals surface area contributed by atoms with E-state index in [9.17, 15) is 0 Å². The fourth-order valence-corrected chi connectivity index (χ4v) is 3.65. The molecule has 0 fully saturated rings. The van der Waals surface area contributed by atoms with Gasteiger partial charge in [0, 0.05) is 6.54 Å². The molecule has 170 valence electrons. The number of hydrogen-bond acceptors (Lipinski definition) is 5. The van der Waals surface area contributed by atoms with Crippen molar-refractivity contribution in [1.29, 1.82) is 0 Å². The van der Waals surface area contributed by atoms with E-state index in [0.29, 0.717) is 52.8 Å². The van der Waals surface area contributed by atoms with E-state index in [1.165, 1.54) is 0 Å². The summed E-state index contributed by atoms with van der Waals surface area (Å²) >= 11 is 0. The van der Waals surface area contributed by atoms with Crippen LogP contribution in [0.3, 0.4) is 0 Å². The lowest BCUT2D eigenvalue weighted by molar-refractivity contribution is -0.0366. The van der Waals surface area contributed by atoms with Crippen molar-refractivity contribution in [3.8, 4) is 0 Å². The summed E-state index contributed by atoms with van der Waals surface area (Å²) in [6.45, 7) is 4.12. The van der Waals surface area contributed by atoms with Crippen molar-refractivity contribution < 1.29 is 18.9 Å². The molecule has 0 saturated heterocycles. The van der Waals surface area contributed by atoms with Gasteiger partial charge >= 0.3 is 0 Å². The zero-order valence-electron chi connectivity index (χ0n) is 18.5. The number of hydrogen-bond donors (Lipinski definition) is 1. The van der Waals surface area contributed by atoms with Gasteiger partial charge in [-0.15, -0.1) is 0 Å². The summed E-state index contributed by atoms with van der Waals surface area (Å²) in [5.41, 5.74) is 7.91. The molecule has 2 N–H and O–H groups in total. The monoisotopic (exact) mass is 435 g/mol.